The van der Waals surface area contributed by atoms with Crippen molar-refractivity contribution < 1.29 is 24.2 Å². The van der Waals surface area contributed by atoms with Gasteiger partial charge >= 0.3 is 5.97 Å². The Bertz CT molecular complexity index is 674. The smallest absolute Gasteiger partial charge is 0.326 e. The summed E-state index contributed by atoms with van der Waals surface area (Å²) in [5.74, 6) is -1.49. The van der Waals surface area contributed by atoms with Gasteiger partial charge in [-0.25, -0.2) is 4.79 Å². The Morgan fingerprint density at radius 1 is 1.35 bits per heavy atom. The molecule has 26 heavy (non-hydrogen) atoms. The molecule has 7 nitrogen and oxygen atoms in total. The van der Waals surface area contributed by atoms with Gasteiger partial charge in [-0.2, -0.15) is 0 Å². The van der Waals surface area contributed by atoms with E-state index in [1.165, 1.54) is 4.90 Å². The maximum atomic E-state index is 12.5. The number of aliphatic carboxylic acids is 1. The van der Waals surface area contributed by atoms with Crippen molar-refractivity contribution in [2.75, 3.05) is 18.1 Å². The van der Waals surface area contributed by atoms with E-state index in [4.69, 9.17) is 4.74 Å². The van der Waals surface area contributed by atoms with Crippen molar-refractivity contribution in [1.82, 2.24) is 5.32 Å². The van der Waals surface area contributed by atoms with Gasteiger partial charge in [0.15, 0.2) is 0 Å². The predicted molar refractivity (Wildman–Crippen MR) is 97.1 cm³/mol. The van der Waals surface area contributed by atoms with Crippen LogP contribution in [0.15, 0.2) is 24.3 Å². The van der Waals surface area contributed by atoms with Gasteiger partial charge in [-0.15, -0.1) is 0 Å². The van der Waals surface area contributed by atoms with E-state index in [1.54, 1.807) is 12.1 Å². The minimum atomic E-state index is -1.06. The summed E-state index contributed by atoms with van der Waals surface area (Å²) >= 11 is 0. The number of carboxylic acid groups (broad SMARTS) is 1. The van der Waals surface area contributed by atoms with Gasteiger partial charge in [-0.1, -0.05) is 26.0 Å². The second kappa shape index (κ2) is 8.69. The molecule has 142 valence electrons. The molecule has 2 amide bonds. The van der Waals surface area contributed by atoms with Gasteiger partial charge in [0, 0.05) is 13.0 Å². The average Bonchev–Trinajstić information content (AvgIpc) is 2.96. The molecular formula is C19H26N2O5. The number of carboxylic acids is 1. The highest BCUT2D eigenvalue weighted by Crippen LogP contribution is 2.33. The second-order valence-corrected chi connectivity index (χ2v) is 6.84. The van der Waals surface area contributed by atoms with Gasteiger partial charge in [-0.3, -0.25) is 9.59 Å². The highest BCUT2D eigenvalue weighted by molar-refractivity contribution is 6.01. The molecule has 2 N–H and O–H groups in total. The summed E-state index contributed by atoms with van der Waals surface area (Å²) in [5, 5.41) is 11.9. The summed E-state index contributed by atoms with van der Waals surface area (Å²) in [6.45, 7) is 6.34. The van der Waals surface area contributed by atoms with E-state index < -0.39 is 23.8 Å². The topological polar surface area (TPSA) is 95.9 Å². The maximum Gasteiger partial charge on any atom is 0.326 e. The first-order chi connectivity index (χ1) is 12.3. The minimum Gasteiger partial charge on any atom is -0.492 e. The van der Waals surface area contributed by atoms with Crippen LogP contribution in [-0.4, -0.2) is 42.1 Å². The van der Waals surface area contributed by atoms with E-state index in [-0.39, 0.29) is 24.8 Å². The molecule has 1 saturated heterocycles. The lowest BCUT2D eigenvalue weighted by atomic mass is 10.0. The molecule has 2 atom stereocenters. The Hall–Kier alpha value is -2.57. The summed E-state index contributed by atoms with van der Waals surface area (Å²) in [5.41, 5.74) is 0.631. The number of hydrogen-bond acceptors (Lipinski definition) is 4. The van der Waals surface area contributed by atoms with Crippen LogP contribution < -0.4 is 15.0 Å². The van der Waals surface area contributed by atoms with Crippen LogP contribution in [0.1, 0.15) is 33.6 Å². The van der Waals surface area contributed by atoms with Crippen LogP contribution in [0.4, 0.5) is 5.69 Å². The first-order valence-electron chi connectivity index (χ1n) is 8.88. The monoisotopic (exact) mass is 362 g/mol. The van der Waals surface area contributed by atoms with Crippen LogP contribution in [-0.2, 0) is 14.4 Å². The molecule has 1 heterocycles. The first-order valence-corrected chi connectivity index (χ1v) is 8.88. The molecule has 1 aliphatic heterocycles. The molecule has 0 saturated carbocycles. The van der Waals surface area contributed by atoms with E-state index >= 15 is 0 Å². The normalized spacial score (nSPS) is 18.1. The number of para-hydroxylation sites is 2. The number of carbonyl (C=O) groups is 3. The number of rotatable bonds is 8. The van der Waals surface area contributed by atoms with Crippen LogP contribution in [0.3, 0.4) is 0 Å². The third kappa shape index (κ3) is 4.74. The Labute approximate surface area is 153 Å². The zero-order valence-corrected chi connectivity index (χ0v) is 15.4. The van der Waals surface area contributed by atoms with Crippen LogP contribution in [0, 0.1) is 11.8 Å². The van der Waals surface area contributed by atoms with Gasteiger partial charge in [0.05, 0.1) is 18.2 Å². The number of anilines is 1. The molecule has 0 aromatic heterocycles. The highest BCUT2D eigenvalue weighted by atomic mass is 16.5. The van der Waals surface area contributed by atoms with Crippen molar-refractivity contribution in [3.63, 3.8) is 0 Å². The summed E-state index contributed by atoms with van der Waals surface area (Å²) < 4.78 is 5.56. The fraction of sp³-hybridized carbons (Fsp3) is 0.526. The van der Waals surface area contributed by atoms with Gasteiger partial charge < -0.3 is 20.1 Å². The first kappa shape index (κ1) is 19.8. The molecular weight excluding hydrogens is 336 g/mol. The van der Waals surface area contributed by atoms with Gasteiger partial charge in [0.25, 0.3) is 0 Å². The summed E-state index contributed by atoms with van der Waals surface area (Å²) in [4.78, 5) is 37.8. The number of benzene rings is 1. The van der Waals surface area contributed by atoms with E-state index in [0.29, 0.717) is 24.5 Å². The standard InChI is InChI=1S/C19H26N2O5/c1-4-26-16-8-6-5-7-15(16)21-11-13(10-17(21)22)18(23)20-14(19(24)25)9-12(2)3/h5-8,12-14H,4,9-11H2,1-3H3,(H,20,23)(H,24,25)/t13?,14-/m1/s1. The summed E-state index contributed by atoms with van der Waals surface area (Å²) in [7, 11) is 0. The van der Waals surface area contributed by atoms with Gasteiger partial charge in [0.2, 0.25) is 11.8 Å². The Balaban J connectivity index is 2.09. The Morgan fingerprint density at radius 2 is 2.04 bits per heavy atom. The van der Waals surface area contributed by atoms with Gasteiger partial charge in [-0.05, 0) is 31.4 Å². The SMILES string of the molecule is CCOc1ccccc1N1CC(C(=O)N[C@H](CC(C)C)C(=O)O)CC1=O. The Kier molecular flexibility index (Phi) is 6.60. The van der Waals surface area contributed by atoms with Crippen molar-refractivity contribution >= 4 is 23.5 Å². The van der Waals surface area contributed by atoms with Gasteiger partial charge in [0.1, 0.15) is 11.8 Å². The van der Waals surface area contributed by atoms with Crippen LogP contribution in [0.5, 0.6) is 5.75 Å². The lowest BCUT2D eigenvalue weighted by Gasteiger charge is -2.21. The molecule has 0 aliphatic carbocycles. The van der Waals surface area contributed by atoms with Crippen LogP contribution >= 0.6 is 0 Å². The molecule has 0 bridgehead atoms. The van der Waals surface area contributed by atoms with Crippen molar-refractivity contribution in [2.24, 2.45) is 11.8 Å². The van der Waals surface area contributed by atoms with Crippen molar-refractivity contribution in [2.45, 2.75) is 39.7 Å². The average molecular weight is 362 g/mol. The highest BCUT2D eigenvalue weighted by Gasteiger charge is 2.37. The third-order valence-electron chi connectivity index (χ3n) is 4.27. The number of carbonyl (C=O) groups excluding carboxylic acids is 2. The number of ether oxygens (including phenoxy) is 1. The molecule has 1 fully saturated rings. The lowest BCUT2D eigenvalue weighted by molar-refractivity contribution is -0.142. The van der Waals surface area contributed by atoms with Crippen LogP contribution in [0.2, 0.25) is 0 Å². The van der Waals surface area contributed by atoms with Crippen molar-refractivity contribution in [3.8, 4) is 5.75 Å². The fourth-order valence-corrected chi connectivity index (χ4v) is 3.06. The van der Waals surface area contributed by atoms with E-state index in [0.717, 1.165) is 0 Å². The molecule has 1 aromatic carbocycles. The maximum absolute atomic E-state index is 12.5. The molecule has 0 radical (unpaired) electrons. The van der Waals surface area contributed by atoms with E-state index in [1.807, 2.05) is 32.9 Å². The van der Waals surface area contributed by atoms with Crippen LogP contribution in [0.25, 0.3) is 0 Å². The third-order valence-corrected chi connectivity index (χ3v) is 4.27. The quantitative estimate of drug-likeness (QED) is 0.738. The predicted octanol–water partition coefficient (Wildman–Crippen LogP) is 2.05. The molecule has 2 rings (SSSR count). The number of hydrogen-bond donors (Lipinski definition) is 2. The lowest BCUT2D eigenvalue weighted by Crippen LogP contribution is -2.44. The Morgan fingerprint density at radius 3 is 2.65 bits per heavy atom. The summed E-state index contributed by atoms with van der Waals surface area (Å²) in [6, 6.07) is 6.25. The summed E-state index contributed by atoms with van der Waals surface area (Å²) in [6.07, 6.45) is 0.402. The zero-order chi connectivity index (χ0) is 19.3. The largest absolute Gasteiger partial charge is 0.492 e. The van der Waals surface area contributed by atoms with E-state index in [2.05, 4.69) is 5.32 Å². The van der Waals surface area contributed by atoms with Crippen molar-refractivity contribution in [3.05, 3.63) is 24.3 Å². The molecule has 1 aliphatic rings. The fourth-order valence-electron chi connectivity index (χ4n) is 3.06. The number of nitrogens with one attached hydrogen (secondary N) is 1. The van der Waals surface area contributed by atoms with Crippen molar-refractivity contribution in [1.29, 1.82) is 0 Å². The number of amides is 2. The minimum absolute atomic E-state index is 0.0559. The zero-order valence-electron chi connectivity index (χ0n) is 15.4. The molecule has 1 aromatic rings. The molecule has 0 spiro atoms. The van der Waals surface area contributed by atoms with E-state index in [9.17, 15) is 19.5 Å². The molecule has 7 heteroatoms. The number of nitrogens with zero attached hydrogens (tertiary/aromatic N) is 1. The second-order valence-electron chi connectivity index (χ2n) is 6.84. The molecule has 1 unspecified atom stereocenters.